The van der Waals surface area contributed by atoms with Gasteiger partial charge in [0, 0.05) is 0 Å². The molecule has 1 atom stereocenters. The van der Waals surface area contributed by atoms with Crippen molar-refractivity contribution in [2.45, 2.75) is 64.4 Å². The number of hydrogen-bond donors (Lipinski definition) is 2. The minimum absolute atomic E-state index is 0.224. The molecule has 0 aromatic heterocycles. The minimum atomic E-state index is -0.739. The van der Waals surface area contributed by atoms with Gasteiger partial charge in [0.15, 0.2) is 0 Å². The molecule has 0 aliphatic carbocycles. The lowest BCUT2D eigenvalue weighted by molar-refractivity contribution is 0.00767. The summed E-state index contributed by atoms with van der Waals surface area (Å²) in [6.07, 6.45) is 13.7. The van der Waals surface area contributed by atoms with Gasteiger partial charge in [0.25, 0.3) is 0 Å². The van der Waals surface area contributed by atoms with E-state index < -0.39 is 6.10 Å². The highest BCUT2D eigenvalue weighted by Gasteiger charge is 1.99. The molecule has 0 fully saturated rings. The number of allylic oxidation sites excluding steroid dienone is 1. The van der Waals surface area contributed by atoms with E-state index in [1.165, 1.54) is 38.5 Å². The topological polar surface area (TPSA) is 49.7 Å². The maximum atomic E-state index is 9.03. The van der Waals surface area contributed by atoms with Crippen LogP contribution in [-0.4, -0.2) is 36.1 Å². The molecule has 0 amide bonds. The fourth-order valence-corrected chi connectivity index (χ4v) is 1.70. The standard InChI is InChI=1S/C15H30O3/c1-2-3-4-5-6-7-8-9-10-11-12-18-14-15(17)13-16/h9-10,15-17H,2-8,11-14H2,1H3/b10-9-. The van der Waals surface area contributed by atoms with Crippen LogP contribution in [0.1, 0.15) is 58.3 Å². The van der Waals surface area contributed by atoms with Crippen molar-refractivity contribution in [3.8, 4) is 0 Å². The van der Waals surface area contributed by atoms with E-state index in [9.17, 15) is 0 Å². The van der Waals surface area contributed by atoms with Crippen LogP contribution >= 0.6 is 0 Å². The zero-order chi connectivity index (χ0) is 13.5. The van der Waals surface area contributed by atoms with E-state index in [-0.39, 0.29) is 13.2 Å². The van der Waals surface area contributed by atoms with Crippen LogP contribution in [0.4, 0.5) is 0 Å². The molecule has 1 unspecified atom stereocenters. The van der Waals surface area contributed by atoms with Gasteiger partial charge in [0.2, 0.25) is 0 Å². The van der Waals surface area contributed by atoms with E-state index in [1.54, 1.807) is 0 Å². The third-order valence-corrected chi connectivity index (χ3v) is 2.84. The smallest absolute Gasteiger partial charge is 0.100 e. The highest BCUT2D eigenvalue weighted by atomic mass is 16.5. The van der Waals surface area contributed by atoms with Crippen molar-refractivity contribution in [1.82, 2.24) is 0 Å². The average molecular weight is 258 g/mol. The molecule has 0 rings (SSSR count). The summed E-state index contributed by atoms with van der Waals surface area (Å²) >= 11 is 0. The quantitative estimate of drug-likeness (QED) is 0.394. The Morgan fingerprint density at radius 3 is 2.39 bits per heavy atom. The number of aliphatic hydroxyl groups is 2. The van der Waals surface area contributed by atoms with Crippen LogP contribution in [0.2, 0.25) is 0 Å². The Labute approximate surface area is 112 Å². The molecule has 0 aromatic carbocycles. The van der Waals surface area contributed by atoms with E-state index in [0.29, 0.717) is 6.61 Å². The first-order chi connectivity index (χ1) is 8.81. The molecule has 108 valence electrons. The van der Waals surface area contributed by atoms with Crippen LogP contribution in [0.5, 0.6) is 0 Å². The zero-order valence-electron chi connectivity index (χ0n) is 11.8. The molecule has 2 N–H and O–H groups in total. The van der Waals surface area contributed by atoms with Gasteiger partial charge in [-0.1, -0.05) is 51.2 Å². The molecule has 0 aliphatic rings. The zero-order valence-corrected chi connectivity index (χ0v) is 11.8. The Balaban J connectivity index is 3.09. The van der Waals surface area contributed by atoms with Gasteiger partial charge in [-0.05, 0) is 19.3 Å². The third-order valence-electron chi connectivity index (χ3n) is 2.84. The van der Waals surface area contributed by atoms with Gasteiger partial charge in [-0.25, -0.2) is 0 Å². The molecular formula is C15H30O3. The summed E-state index contributed by atoms with van der Waals surface area (Å²) in [5.74, 6) is 0. The minimum Gasteiger partial charge on any atom is -0.394 e. The maximum Gasteiger partial charge on any atom is 0.100 e. The summed E-state index contributed by atoms with van der Waals surface area (Å²) in [6.45, 7) is 2.85. The Morgan fingerprint density at radius 1 is 1.00 bits per heavy atom. The number of ether oxygens (including phenoxy) is 1. The van der Waals surface area contributed by atoms with Crippen LogP contribution in [0, 0.1) is 0 Å². The third kappa shape index (κ3) is 13.7. The summed E-state index contributed by atoms with van der Waals surface area (Å²) < 4.78 is 5.20. The van der Waals surface area contributed by atoms with Gasteiger partial charge in [0.05, 0.1) is 19.8 Å². The normalized spacial score (nSPS) is 13.3. The van der Waals surface area contributed by atoms with Crippen molar-refractivity contribution in [2.75, 3.05) is 19.8 Å². The first-order valence-corrected chi connectivity index (χ1v) is 7.33. The number of unbranched alkanes of at least 4 members (excludes halogenated alkanes) is 6. The molecule has 0 heterocycles. The average Bonchev–Trinajstić information content (AvgIpc) is 2.39. The molecular weight excluding hydrogens is 228 g/mol. The van der Waals surface area contributed by atoms with E-state index >= 15 is 0 Å². The number of aliphatic hydroxyl groups excluding tert-OH is 2. The van der Waals surface area contributed by atoms with Crippen LogP contribution in [0.3, 0.4) is 0 Å². The largest absolute Gasteiger partial charge is 0.394 e. The first-order valence-electron chi connectivity index (χ1n) is 7.33. The summed E-state index contributed by atoms with van der Waals surface area (Å²) in [7, 11) is 0. The van der Waals surface area contributed by atoms with E-state index in [2.05, 4.69) is 19.1 Å². The van der Waals surface area contributed by atoms with Crippen molar-refractivity contribution in [1.29, 1.82) is 0 Å². The van der Waals surface area contributed by atoms with Crippen LogP contribution in [0.15, 0.2) is 12.2 Å². The molecule has 3 heteroatoms. The molecule has 0 radical (unpaired) electrons. The molecule has 0 aromatic rings. The first kappa shape index (κ1) is 17.6. The van der Waals surface area contributed by atoms with Crippen molar-refractivity contribution in [3.05, 3.63) is 12.2 Å². The Bertz CT molecular complexity index is 181. The summed E-state index contributed by atoms with van der Waals surface area (Å²) in [4.78, 5) is 0. The lowest BCUT2D eigenvalue weighted by atomic mass is 10.1. The van der Waals surface area contributed by atoms with Crippen molar-refractivity contribution >= 4 is 0 Å². The van der Waals surface area contributed by atoms with E-state index in [1.807, 2.05) is 0 Å². The Hall–Kier alpha value is -0.380. The van der Waals surface area contributed by atoms with Gasteiger partial charge < -0.3 is 14.9 Å². The fraction of sp³-hybridized carbons (Fsp3) is 0.867. The predicted molar refractivity (Wildman–Crippen MR) is 75.7 cm³/mol. The maximum absolute atomic E-state index is 9.03. The Morgan fingerprint density at radius 2 is 1.67 bits per heavy atom. The predicted octanol–water partition coefficient (Wildman–Crippen LogP) is 3.05. The van der Waals surface area contributed by atoms with Gasteiger partial charge in [-0.15, -0.1) is 0 Å². The second-order valence-electron chi connectivity index (χ2n) is 4.73. The van der Waals surface area contributed by atoms with Crippen molar-refractivity contribution in [3.63, 3.8) is 0 Å². The SMILES string of the molecule is CCCCCCCC/C=C\CCOCC(O)CO. The second-order valence-corrected chi connectivity index (χ2v) is 4.73. The van der Waals surface area contributed by atoms with E-state index in [0.717, 1.165) is 12.8 Å². The van der Waals surface area contributed by atoms with Crippen LogP contribution in [-0.2, 0) is 4.74 Å². The van der Waals surface area contributed by atoms with Gasteiger partial charge >= 0.3 is 0 Å². The van der Waals surface area contributed by atoms with Gasteiger partial charge in [0.1, 0.15) is 6.10 Å². The van der Waals surface area contributed by atoms with Crippen LogP contribution < -0.4 is 0 Å². The summed E-state index contributed by atoms with van der Waals surface area (Å²) in [6, 6.07) is 0. The van der Waals surface area contributed by atoms with Crippen molar-refractivity contribution in [2.24, 2.45) is 0 Å². The van der Waals surface area contributed by atoms with Gasteiger partial charge in [-0.2, -0.15) is 0 Å². The molecule has 0 saturated heterocycles. The summed E-state index contributed by atoms with van der Waals surface area (Å²) in [5.41, 5.74) is 0. The molecule has 0 saturated carbocycles. The Kier molecular flexibility index (Phi) is 14.4. The van der Waals surface area contributed by atoms with Gasteiger partial charge in [-0.3, -0.25) is 0 Å². The number of rotatable bonds is 13. The second kappa shape index (κ2) is 14.7. The van der Waals surface area contributed by atoms with Crippen molar-refractivity contribution < 1.29 is 14.9 Å². The lowest BCUT2D eigenvalue weighted by Crippen LogP contribution is -2.19. The highest BCUT2D eigenvalue weighted by molar-refractivity contribution is 4.81. The number of hydrogen-bond acceptors (Lipinski definition) is 3. The molecule has 0 spiro atoms. The molecule has 0 aliphatic heterocycles. The molecule has 3 nitrogen and oxygen atoms in total. The van der Waals surface area contributed by atoms with Crippen LogP contribution in [0.25, 0.3) is 0 Å². The molecule has 0 bridgehead atoms. The highest BCUT2D eigenvalue weighted by Crippen LogP contribution is 2.07. The molecule has 18 heavy (non-hydrogen) atoms. The fourth-order valence-electron chi connectivity index (χ4n) is 1.70. The monoisotopic (exact) mass is 258 g/mol. The lowest BCUT2D eigenvalue weighted by Gasteiger charge is -2.06. The summed E-state index contributed by atoms with van der Waals surface area (Å²) in [5, 5.41) is 17.6. The van der Waals surface area contributed by atoms with E-state index in [4.69, 9.17) is 14.9 Å².